The van der Waals surface area contributed by atoms with E-state index in [0.717, 1.165) is 16.4 Å². The monoisotopic (exact) mass is 359 g/mol. The van der Waals surface area contributed by atoms with Gasteiger partial charge in [-0.2, -0.15) is 0 Å². The van der Waals surface area contributed by atoms with E-state index in [-0.39, 0.29) is 5.91 Å². The van der Waals surface area contributed by atoms with Crippen LogP contribution in [0, 0.1) is 5.41 Å². The maximum Gasteiger partial charge on any atom is 0.250 e. The number of hydrogen-bond donors (Lipinski definition) is 2. The van der Waals surface area contributed by atoms with Crippen LogP contribution in [0.15, 0.2) is 59.5 Å². The van der Waals surface area contributed by atoms with Crippen molar-refractivity contribution in [3.63, 3.8) is 0 Å². The summed E-state index contributed by atoms with van der Waals surface area (Å²) in [5, 5.41) is 9.06. The molecule has 2 aromatic rings. The Kier molecular flexibility index (Phi) is 5.96. The van der Waals surface area contributed by atoms with Crippen LogP contribution >= 0.6 is 11.8 Å². The lowest BCUT2D eigenvalue weighted by Crippen LogP contribution is -2.45. The summed E-state index contributed by atoms with van der Waals surface area (Å²) in [5.41, 5.74) is 1.23. The van der Waals surface area contributed by atoms with Gasteiger partial charge in [0.1, 0.15) is 11.5 Å². The number of carbonyl (C=O) groups is 1. The molecule has 0 aliphatic carbocycles. The molecule has 1 heterocycles. The van der Waals surface area contributed by atoms with Crippen molar-refractivity contribution in [1.29, 1.82) is 0 Å². The van der Waals surface area contributed by atoms with Crippen LogP contribution in [0.5, 0.6) is 11.5 Å². The minimum Gasteiger partial charge on any atom is -0.457 e. The largest absolute Gasteiger partial charge is 0.457 e. The molecule has 0 unspecified atom stereocenters. The van der Waals surface area contributed by atoms with Crippen LogP contribution < -0.4 is 10.2 Å². The average molecular weight is 359 g/mol. The fourth-order valence-electron chi connectivity index (χ4n) is 2.77. The van der Waals surface area contributed by atoms with Crippen molar-refractivity contribution >= 4 is 17.7 Å². The zero-order valence-electron chi connectivity index (χ0n) is 13.8. The normalized spacial score (nSPS) is 16.2. The molecule has 25 heavy (non-hydrogen) atoms. The van der Waals surface area contributed by atoms with Gasteiger partial charge in [0.15, 0.2) is 0 Å². The van der Waals surface area contributed by atoms with Crippen molar-refractivity contribution in [2.45, 2.75) is 17.7 Å². The zero-order valence-corrected chi connectivity index (χ0v) is 14.6. The van der Waals surface area contributed by atoms with Crippen molar-refractivity contribution in [3.05, 3.63) is 54.6 Å². The molecule has 2 aromatic carbocycles. The van der Waals surface area contributed by atoms with E-state index < -0.39 is 5.41 Å². The lowest BCUT2D eigenvalue weighted by Gasteiger charge is -2.34. The minimum absolute atomic E-state index is 0.327. The first-order valence-corrected chi connectivity index (χ1v) is 9.18. The second-order valence-corrected chi connectivity index (χ2v) is 7.06. The van der Waals surface area contributed by atoms with Gasteiger partial charge in [-0.25, -0.2) is 5.48 Å². The highest BCUT2D eigenvalue weighted by atomic mass is 32.2. The highest BCUT2D eigenvalue weighted by Gasteiger charge is 2.40. The van der Waals surface area contributed by atoms with Crippen LogP contribution in [0.25, 0.3) is 0 Å². The van der Waals surface area contributed by atoms with E-state index in [2.05, 4.69) is 0 Å². The second kappa shape index (κ2) is 8.38. The number of rotatable bonds is 6. The Morgan fingerprint density at radius 2 is 1.72 bits per heavy atom. The fourth-order valence-corrected chi connectivity index (χ4v) is 3.96. The summed E-state index contributed by atoms with van der Waals surface area (Å²) in [5.74, 6) is 1.84. The van der Waals surface area contributed by atoms with Crippen LogP contribution in [0.4, 0.5) is 0 Å². The van der Waals surface area contributed by atoms with E-state index in [1.165, 1.54) is 0 Å². The third-order valence-electron chi connectivity index (χ3n) is 4.35. The Hall–Kier alpha value is -2.02. The van der Waals surface area contributed by atoms with Crippen LogP contribution in [-0.4, -0.2) is 30.1 Å². The minimum atomic E-state index is -0.586. The summed E-state index contributed by atoms with van der Waals surface area (Å²) in [7, 11) is 0. The maximum atomic E-state index is 12.1. The number of hydrogen-bond acceptors (Lipinski definition) is 5. The van der Waals surface area contributed by atoms with Crippen molar-refractivity contribution in [2.24, 2.45) is 5.41 Å². The highest BCUT2D eigenvalue weighted by molar-refractivity contribution is 7.99. The smallest absolute Gasteiger partial charge is 0.250 e. The topological polar surface area (TPSA) is 67.8 Å². The number of hydroxylamine groups is 1. The molecule has 0 saturated carbocycles. The zero-order chi connectivity index (χ0) is 17.5. The molecule has 0 spiro atoms. The predicted molar refractivity (Wildman–Crippen MR) is 96.1 cm³/mol. The Morgan fingerprint density at radius 1 is 1.08 bits per heavy atom. The predicted octanol–water partition coefficient (Wildman–Crippen LogP) is 3.87. The first-order valence-electron chi connectivity index (χ1n) is 8.20. The van der Waals surface area contributed by atoms with Gasteiger partial charge in [-0.05, 0) is 49.2 Å². The number of para-hydroxylation sites is 1. The third-order valence-corrected chi connectivity index (χ3v) is 5.65. The summed E-state index contributed by atoms with van der Waals surface area (Å²) in [6.45, 7) is 1.08. The van der Waals surface area contributed by atoms with Crippen LogP contribution in [0.2, 0.25) is 0 Å². The molecule has 1 aliphatic heterocycles. The summed E-state index contributed by atoms with van der Waals surface area (Å²) < 4.78 is 11.1. The van der Waals surface area contributed by atoms with Crippen molar-refractivity contribution in [1.82, 2.24) is 5.48 Å². The Labute approximate surface area is 151 Å². The van der Waals surface area contributed by atoms with Gasteiger partial charge in [0, 0.05) is 23.9 Å². The van der Waals surface area contributed by atoms with Gasteiger partial charge in [-0.3, -0.25) is 10.0 Å². The molecule has 132 valence electrons. The molecule has 1 saturated heterocycles. The van der Waals surface area contributed by atoms with Gasteiger partial charge in [0.2, 0.25) is 0 Å². The van der Waals surface area contributed by atoms with E-state index in [4.69, 9.17) is 14.7 Å². The first kappa shape index (κ1) is 17.8. The van der Waals surface area contributed by atoms with Crippen molar-refractivity contribution < 1.29 is 19.5 Å². The molecule has 5 nitrogen and oxygen atoms in total. The molecule has 6 heteroatoms. The van der Waals surface area contributed by atoms with Crippen LogP contribution in [0.3, 0.4) is 0 Å². The second-order valence-electron chi connectivity index (χ2n) is 6.01. The van der Waals surface area contributed by atoms with Gasteiger partial charge in [-0.15, -0.1) is 11.8 Å². The van der Waals surface area contributed by atoms with Crippen LogP contribution in [-0.2, 0) is 9.53 Å². The SMILES string of the molecule is O=C(NO)C1(CSc2ccc(Oc3ccccc3)cc2)CCOCC1. The molecule has 1 aliphatic rings. The summed E-state index contributed by atoms with van der Waals surface area (Å²) in [6.07, 6.45) is 1.23. The Bertz CT molecular complexity index is 684. The van der Waals surface area contributed by atoms with E-state index in [1.807, 2.05) is 60.1 Å². The van der Waals surface area contributed by atoms with E-state index in [0.29, 0.717) is 31.8 Å². The van der Waals surface area contributed by atoms with E-state index >= 15 is 0 Å². The molecule has 1 fully saturated rings. The van der Waals surface area contributed by atoms with Crippen molar-refractivity contribution in [2.75, 3.05) is 19.0 Å². The quantitative estimate of drug-likeness (QED) is 0.465. The third kappa shape index (κ3) is 4.54. The number of ether oxygens (including phenoxy) is 2. The number of amides is 1. The molecule has 0 radical (unpaired) electrons. The average Bonchev–Trinajstić information content (AvgIpc) is 2.68. The Balaban J connectivity index is 1.61. The number of benzene rings is 2. The highest BCUT2D eigenvalue weighted by Crippen LogP contribution is 2.37. The number of nitrogens with one attached hydrogen (secondary N) is 1. The molecular weight excluding hydrogens is 338 g/mol. The van der Waals surface area contributed by atoms with Crippen LogP contribution in [0.1, 0.15) is 12.8 Å². The molecule has 1 amide bonds. The molecule has 2 N–H and O–H groups in total. The molecule has 0 atom stereocenters. The number of thioether (sulfide) groups is 1. The summed E-state index contributed by atoms with van der Waals surface area (Å²) in [6, 6.07) is 17.4. The Morgan fingerprint density at radius 3 is 2.36 bits per heavy atom. The summed E-state index contributed by atoms with van der Waals surface area (Å²) in [4.78, 5) is 13.2. The standard InChI is InChI=1S/C19H21NO4S/c21-18(20-22)19(10-12-23-13-11-19)14-25-17-8-6-16(7-9-17)24-15-4-2-1-3-5-15/h1-9,22H,10-14H2,(H,20,21). The molecule has 0 aromatic heterocycles. The van der Waals surface area contributed by atoms with Gasteiger partial charge in [0.05, 0.1) is 5.41 Å². The van der Waals surface area contributed by atoms with Gasteiger partial charge in [0.25, 0.3) is 5.91 Å². The maximum absolute atomic E-state index is 12.1. The molecular formula is C19H21NO4S. The van der Waals surface area contributed by atoms with Crippen molar-refractivity contribution in [3.8, 4) is 11.5 Å². The van der Waals surface area contributed by atoms with Gasteiger partial charge in [-0.1, -0.05) is 18.2 Å². The fraction of sp³-hybridized carbons (Fsp3) is 0.316. The lowest BCUT2D eigenvalue weighted by atomic mass is 9.81. The summed E-state index contributed by atoms with van der Waals surface area (Å²) >= 11 is 1.60. The first-order chi connectivity index (χ1) is 12.2. The lowest BCUT2D eigenvalue weighted by molar-refractivity contribution is -0.143. The van der Waals surface area contributed by atoms with Gasteiger partial charge < -0.3 is 9.47 Å². The number of carbonyl (C=O) groups excluding carboxylic acids is 1. The molecule has 3 rings (SSSR count). The molecule has 0 bridgehead atoms. The van der Waals surface area contributed by atoms with E-state index in [1.54, 1.807) is 11.8 Å². The van der Waals surface area contributed by atoms with E-state index in [9.17, 15) is 4.79 Å². The van der Waals surface area contributed by atoms with Gasteiger partial charge >= 0.3 is 0 Å².